The first-order valence-corrected chi connectivity index (χ1v) is 8.68. The molecule has 0 saturated carbocycles. The van der Waals surface area contributed by atoms with Gasteiger partial charge in [-0.25, -0.2) is 0 Å². The van der Waals surface area contributed by atoms with Crippen molar-refractivity contribution in [3.63, 3.8) is 0 Å². The van der Waals surface area contributed by atoms with Crippen LogP contribution >= 0.6 is 0 Å². The number of nitrogens with zero attached hydrogens (tertiary/aromatic N) is 1. The Kier molecular flexibility index (Phi) is 4.21. The van der Waals surface area contributed by atoms with Gasteiger partial charge in [0.2, 0.25) is 0 Å². The van der Waals surface area contributed by atoms with Crippen molar-refractivity contribution in [1.82, 2.24) is 0 Å². The van der Waals surface area contributed by atoms with Crippen LogP contribution in [0.3, 0.4) is 0 Å². The van der Waals surface area contributed by atoms with Gasteiger partial charge in [-0.1, -0.05) is 66.7 Å². The molecule has 4 aromatic rings. The number of fused-ring (bicyclic) bond motifs is 2. The number of Topliss-reactive ketones (excluding diaryl/α,β-unsaturated/α-hetero) is 1. The topological polar surface area (TPSA) is 40.9 Å². The predicted molar refractivity (Wildman–Crippen MR) is 105 cm³/mol. The van der Waals surface area contributed by atoms with E-state index in [4.69, 9.17) is 5.26 Å². The van der Waals surface area contributed by atoms with Gasteiger partial charge in [0, 0.05) is 12.0 Å². The first-order chi connectivity index (χ1) is 12.7. The number of aryl methyl sites for hydroxylation is 1. The highest BCUT2D eigenvalue weighted by atomic mass is 16.1. The second kappa shape index (κ2) is 6.82. The number of carbonyl (C=O) groups excluding carboxylic acids is 1. The lowest BCUT2D eigenvalue weighted by Crippen LogP contribution is -2.02. The second-order valence-electron chi connectivity index (χ2n) is 6.46. The number of hydrogen-bond donors (Lipinski definition) is 0. The summed E-state index contributed by atoms with van der Waals surface area (Å²) in [5.41, 5.74) is 2.59. The van der Waals surface area contributed by atoms with Gasteiger partial charge in [0.1, 0.15) is 0 Å². The number of ketones is 1. The summed E-state index contributed by atoms with van der Waals surface area (Å²) in [6, 6.07) is 27.9. The van der Waals surface area contributed by atoms with Crippen LogP contribution in [0, 0.1) is 11.3 Å². The molecule has 0 atom stereocenters. The van der Waals surface area contributed by atoms with Gasteiger partial charge in [-0.3, -0.25) is 4.79 Å². The molecule has 0 aliphatic carbocycles. The number of hydrogen-bond acceptors (Lipinski definition) is 2. The van der Waals surface area contributed by atoms with Crippen molar-refractivity contribution < 1.29 is 4.79 Å². The molecule has 0 radical (unpaired) electrons. The fraction of sp³-hybridized carbons (Fsp3) is 0.0833. The van der Waals surface area contributed by atoms with Gasteiger partial charge in [0.15, 0.2) is 5.78 Å². The lowest BCUT2D eigenvalue weighted by atomic mass is 9.96. The lowest BCUT2D eigenvalue weighted by molar-refractivity contribution is 0.0984. The third kappa shape index (κ3) is 3.08. The maximum Gasteiger partial charge on any atom is 0.163 e. The Labute approximate surface area is 152 Å². The molecule has 0 aliphatic rings. The van der Waals surface area contributed by atoms with Gasteiger partial charge in [0.25, 0.3) is 0 Å². The maximum atomic E-state index is 12.7. The standard InChI is InChI=1S/C24H17NO/c25-16-18-9-12-20-14-17(8-11-21(20)15-18)10-13-24(26)23-7-3-5-19-4-1-2-6-22(19)23/h1-9,11-12,14-15H,10,13H2. The molecular formula is C24H17NO. The summed E-state index contributed by atoms with van der Waals surface area (Å²) in [7, 11) is 0. The lowest BCUT2D eigenvalue weighted by Gasteiger charge is -2.07. The highest BCUT2D eigenvalue weighted by Crippen LogP contribution is 2.22. The molecule has 0 aliphatic heterocycles. The Balaban J connectivity index is 1.56. The maximum absolute atomic E-state index is 12.7. The molecule has 26 heavy (non-hydrogen) atoms. The Morgan fingerprint density at radius 1 is 0.808 bits per heavy atom. The Morgan fingerprint density at radius 2 is 1.58 bits per heavy atom. The molecule has 124 valence electrons. The van der Waals surface area contributed by atoms with Gasteiger partial charge in [-0.15, -0.1) is 0 Å². The molecule has 2 nitrogen and oxygen atoms in total. The van der Waals surface area contributed by atoms with E-state index >= 15 is 0 Å². The fourth-order valence-electron chi connectivity index (χ4n) is 3.38. The molecule has 0 unspecified atom stereocenters. The molecule has 0 spiro atoms. The van der Waals surface area contributed by atoms with Crippen molar-refractivity contribution in [3.05, 3.63) is 95.6 Å². The van der Waals surface area contributed by atoms with Crippen LogP contribution in [0.5, 0.6) is 0 Å². The largest absolute Gasteiger partial charge is 0.294 e. The molecule has 0 fully saturated rings. The summed E-state index contributed by atoms with van der Waals surface area (Å²) in [6.45, 7) is 0. The van der Waals surface area contributed by atoms with Gasteiger partial charge in [0.05, 0.1) is 11.6 Å². The molecular weight excluding hydrogens is 318 g/mol. The van der Waals surface area contributed by atoms with Crippen LogP contribution in [0.2, 0.25) is 0 Å². The van der Waals surface area contributed by atoms with Gasteiger partial charge in [-0.05, 0) is 45.7 Å². The van der Waals surface area contributed by atoms with E-state index in [9.17, 15) is 4.79 Å². The van der Waals surface area contributed by atoms with Crippen LogP contribution in [0.1, 0.15) is 27.9 Å². The molecule has 0 heterocycles. The number of rotatable bonds is 4. The minimum absolute atomic E-state index is 0.168. The average Bonchev–Trinajstić information content (AvgIpc) is 2.71. The first kappa shape index (κ1) is 16.1. The Hall–Kier alpha value is -3.44. The van der Waals surface area contributed by atoms with E-state index in [1.165, 1.54) is 0 Å². The summed E-state index contributed by atoms with van der Waals surface area (Å²) < 4.78 is 0. The third-order valence-corrected chi connectivity index (χ3v) is 4.76. The summed E-state index contributed by atoms with van der Waals surface area (Å²) in [6.07, 6.45) is 1.19. The minimum Gasteiger partial charge on any atom is -0.294 e. The van der Waals surface area contributed by atoms with Crippen LogP contribution in [0.25, 0.3) is 21.5 Å². The number of benzene rings is 4. The highest BCUT2D eigenvalue weighted by Gasteiger charge is 2.10. The van der Waals surface area contributed by atoms with E-state index in [1.54, 1.807) is 0 Å². The molecule has 0 amide bonds. The summed E-state index contributed by atoms with van der Waals surface area (Å²) in [4.78, 5) is 12.7. The molecule has 0 aromatic heterocycles. The average molecular weight is 335 g/mol. The van der Waals surface area contributed by atoms with Crippen molar-refractivity contribution in [3.8, 4) is 6.07 Å². The molecule has 4 aromatic carbocycles. The number of carbonyl (C=O) groups is 1. The van der Waals surface area contributed by atoms with Gasteiger partial charge < -0.3 is 0 Å². The zero-order chi connectivity index (χ0) is 17.9. The summed E-state index contributed by atoms with van der Waals surface area (Å²) in [5.74, 6) is 0.168. The molecule has 2 heteroatoms. The molecule has 0 N–H and O–H groups in total. The summed E-state index contributed by atoms with van der Waals surface area (Å²) in [5, 5.41) is 13.2. The third-order valence-electron chi connectivity index (χ3n) is 4.76. The highest BCUT2D eigenvalue weighted by molar-refractivity contribution is 6.08. The molecule has 0 bridgehead atoms. The van der Waals surface area contributed by atoms with Gasteiger partial charge in [-0.2, -0.15) is 5.26 Å². The van der Waals surface area contributed by atoms with Gasteiger partial charge >= 0.3 is 0 Å². The Bertz CT molecular complexity index is 1160. The smallest absolute Gasteiger partial charge is 0.163 e. The van der Waals surface area contributed by atoms with E-state index in [1.807, 2.05) is 72.8 Å². The zero-order valence-corrected chi connectivity index (χ0v) is 14.3. The van der Waals surface area contributed by atoms with Crippen LogP contribution in [0.15, 0.2) is 78.9 Å². The van der Waals surface area contributed by atoms with Crippen LogP contribution in [-0.4, -0.2) is 5.78 Å². The van der Waals surface area contributed by atoms with Crippen LogP contribution in [0.4, 0.5) is 0 Å². The van der Waals surface area contributed by atoms with Crippen molar-refractivity contribution >= 4 is 27.3 Å². The quantitative estimate of drug-likeness (QED) is 0.450. The van der Waals surface area contributed by atoms with E-state index in [0.717, 1.165) is 32.7 Å². The molecule has 4 rings (SSSR count). The van der Waals surface area contributed by atoms with Crippen LogP contribution in [-0.2, 0) is 6.42 Å². The minimum atomic E-state index is 0.168. The van der Waals surface area contributed by atoms with E-state index < -0.39 is 0 Å². The number of nitriles is 1. The van der Waals surface area contributed by atoms with Crippen LogP contribution < -0.4 is 0 Å². The van der Waals surface area contributed by atoms with Crippen molar-refractivity contribution in [1.29, 1.82) is 5.26 Å². The normalized spacial score (nSPS) is 10.7. The zero-order valence-electron chi connectivity index (χ0n) is 14.3. The summed E-state index contributed by atoms with van der Waals surface area (Å²) >= 11 is 0. The van der Waals surface area contributed by atoms with E-state index in [-0.39, 0.29) is 5.78 Å². The Morgan fingerprint density at radius 3 is 2.46 bits per heavy atom. The molecule has 0 saturated heterocycles. The predicted octanol–water partition coefficient (Wildman–Crippen LogP) is 5.68. The monoisotopic (exact) mass is 335 g/mol. The van der Waals surface area contributed by atoms with E-state index in [2.05, 4.69) is 12.1 Å². The first-order valence-electron chi connectivity index (χ1n) is 8.68. The van der Waals surface area contributed by atoms with Crippen molar-refractivity contribution in [2.45, 2.75) is 12.8 Å². The van der Waals surface area contributed by atoms with E-state index in [0.29, 0.717) is 18.4 Å². The SMILES string of the molecule is N#Cc1ccc2cc(CCC(=O)c3cccc4ccccc34)ccc2c1. The van der Waals surface area contributed by atoms with Crippen molar-refractivity contribution in [2.75, 3.05) is 0 Å². The fourth-order valence-corrected chi connectivity index (χ4v) is 3.38. The second-order valence-corrected chi connectivity index (χ2v) is 6.46. The van der Waals surface area contributed by atoms with Crippen molar-refractivity contribution in [2.24, 2.45) is 0 Å².